The molecule has 0 unspecified atom stereocenters. The first-order chi connectivity index (χ1) is 8.76. The van der Waals surface area contributed by atoms with Crippen molar-refractivity contribution in [2.45, 2.75) is 26.3 Å². The number of anilines is 1. The molecule has 0 atom stereocenters. The van der Waals surface area contributed by atoms with Gasteiger partial charge in [0.2, 0.25) is 5.91 Å². The number of amides is 1. The molecule has 0 bridgehead atoms. The van der Waals surface area contributed by atoms with E-state index in [2.05, 4.69) is 10.3 Å². The summed E-state index contributed by atoms with van der Waals surface area (Å²) in [6.45, 7) is 6.76. The van der Waals surface area contributed by atoms with Crippen molar-refractivity contribution >= 4 is 23.3 Å². The zero-order chi connectivity index (χ0) is 14.2. The molecule has 0 aliphatic carbocycles. The van der Waals surface area contributed by atoms with Crippen molar-refractivity contribution in [2.75, 3.05) is 18.0 Å². The summed E-state index contributed by atoms with van der Waals surface area (Å²) >= 11 is 5.65. The van der Waals surface area contributed by atoms with E-state index in [1.165, 1.54) is 12.3 Å². The quantitative estimate of drug-likeness (QED) is 0.906. The van der Waals surface area contributed by atoms with Crippen LogP contribution in [0, 0.1) is 11.7 Å². The fourth-order valence-corrected chi connectivity index (χ4v) is 2.07. The molecule has 1 aromatic heterocycles. The van der Waals surface area contributed by atoms with Crippen LogP contribution in [0.2, 0.25) is 5.02 Å². The molecular weight excluding hydrogens is 269 g/mol. The maximum atomic E-state index is 13.6. The summed E-state index contributed by atoms with van der Waals surface area (Å²) in [5.41, 5.74) is -0.249. The molecule has 1 saturated heterocycles. The smallest absolute Gasteiger partial charge is 0.227 e. The second-order valence-electron chi connectivity index (χ2n) is 5.80. The number of pyridine rings is 1. The number of hydrogen-bond donors (Lipinski definition) is 1. The number of nitrogens with one attached hydrogen (secondary N) is 1. The Labute approximate surface area is 117 Å². The van der Waals surface area contributed by atoms with Crippen LogP contribution < -0.4 is 10.2 Å². The number of halogens is 2. The zero-order valence-corrected chi connectivity index (χ0v) is 12.0. The molecule has 0 radical (unpaired) electrons. The zero-order valence-electron chi connectivity index (χ0n) is 11.2. The molecule has 1 amide bonds. The molecule has 6 heteroatoms. The van der Waals surface area contributed by atoms with Crippen molar-refractivity contribution in [3.8, 4) is 0 Å². The SMILES string of the molecule is CC(C)(C)NC(=O)C1CN(c2ncc(Cl)cc2F)C1. The third-order valence-electron chi connectivity index (χ3n) is 2.84. The fourth-order valence-electron chi connectivity index (χ4n) is 1.93. The van der Waals surface area contributed by atoms with E-state index in [4.69, 9.17) is 11.6 Å². The van der Waals surface area contributed by atoms with Gasteiger partial charge < -0.3 is 10.2 Å². The van der Waals surface area contributed by atoms with Crippen LogP contribution in [0.25, 0.3) is 0 Å². The largest absolute Gasteiger partial charge is 0.352 e. The summed E-state index contributed by atoms with van der Waals surface area (Å²) in [5, 5.41) is 3.18. The summed E-state index contributed by atoms with van der Waals surface area (Å²) < 4.78 is 13.6. The summed E-state index contributed by atoms with van der Waals surface area (Å²) in [5.74, 6) is -0.319. The highest BCUT2D eigenvalue weighted by atomic mass is 35.5. The first kappa shape index (κ1) is 14.1. The Morgan fingerprint density at radius 2 is 2.16 bits per heavy atom. The van der Waals surface area contributed by atoms with Crippen LogP contribution in [0.1, 0.15) is 20.8 Å². The molecule has 1 N–H and O–H groups in total. The predicted molar refractivity (Wildman–Crippen MR) is 72.8 cm³/mol. The van der Waals surface area contributed by atoms with Gasteiger partial charge in [-0.2, -0.15) is 0 Å². The topological polar surface area (TPSA) is 45.2 Å². The van der Waals surface area contributed by atoms with Crippen LogP contribution in [0.3, 0.4) is 0 Å². The van der Waals surface area contributed by atoms with Crippen LogP contribution in [0.15, 0.2) is 12.3 Å². The van der Waals surface area contributed by atoms with Crippen molar-refractivity contribution in [1.29, 1.82) is 0 Å². The second kappa shape index (κ2) is 4.96. The number of rotatable bonds is 2. The lowest BCUT2D eigenvalue weighted by molar-refractivity contribution is -0.127. The third kappa shape index (κ3) is 3.35. The van der Waals surface area contributed by atoms with Gasteiger partial charge in [0.15, 0.2) is 11.6 Å². The van der Waals surface area contributed by atoms with Crippen LogP contribution >= 0.6 is 11.6 Å². The van der Waals surface area contributed by atoms with Gasteiger partial charge >= 0.3 is 0 Å². The summed E-state index contributed by atoms with van der Waals surface area (Å²) in [4.78, 5) is 17.6. The lowest BCUT2D eigenvalue weighted by Crippen LogP contribution is -2.57. The Kier molecular flexibility index (Phi) is 3.67. The standard InChI is InChI=1S/C13H17ClFN3O/c1-13(2,3)17-12(19)8-6-18(7-8)11-10(15)4-9(14)5-16-11/h4-5,8H,6-7H2,1-3H3,(H,17,19). The molecule has 104 valence electrons. The molecule has 19 heavy (non-hydrogen) atoms. The highest BCUT2D eigenvalue weighted by Crippen LogP contribution is 2.27. The van der Waals surface area contributed by atoms with Gasteiger partial charge in [0, 0.05) is 24.8 Å². The number of carbonyl (C=O) groups excluding carboxylic acids is 1. The molecule has 1 aliphatic heterocycles. The highest BCUT2D eigenvalue weighted by molar-refractivity contribution is 6.30. The van der Waals surface area contributed by atoms with E-state index in [1.54, 1.807) is 4.90 Å². The Morgan fingerprint density at radius 1 is 1.53 bits per heavy atom. The van der Waals surface area contributed by atoms with E-state index in [0.29, 0.717) is 13.1 Å². The normalized spacial score (nSPS) is 16.2. The van der Waals surface area contributed by atoms with Crippen molar-refractivity contribution in [1.82, 2.24) is 10.3 Å². The van der Waals surface area contributed by atoms with Gasteiger partial charge in [-0.1, -0.05) is 11.6 Å². The minimum absolute atomic E-state index is 0.00174. The van der Waals surface area contributed by atoms with Gasteiger partial charge in [-0.05, 0) is 26.8 Å². The summed E-state index contributed by atoms with van der Waals surface area (Å²) in [6.07, 6.45) is 1.41. The van der Waals surface area contributed by atoms with Crippen LogP contribution in [-0.2, 0) is 4.79 Å². The average Bonchev–Trinajstić information content (AvgIpc) is 2.16. The molecule has 1 fully saturated rings. The van der Waals surface area contributed by atoms with Crippen molar-refractivity contribution < 1.29 is 9.18 Å². The van der Waals surface area contributed by atoms with Crippen LogP contribution in [0.5, 0.6) is 0 Å². The van der Waals surface area contributed by atoms with Gasteiger partial charge in [-0.15, -0.1) is 0 Å². The molecule has 4 nitrogen and oxygen atoms in total. The molecule has 1 aliphatic rings. The van der Waals surface area contributed by atoms with E-state index in [-0.39, 0.29) is 28.2 Å². The summed E-state index contributed by atoms with van der Waals surface area (Å²) in [6, 6.07) is 1.23. The van der Waals surface area contributed by atoms with E-state index in [9.17, 15) is 9.18 Å². The monoisotopic (exact) mass is 285 g/mol. The molecule has 0 aromatic carbocycles. The fraction of sp³-hybridized carbons (Fsp3) is 0.538. The second-order valence-corrected chi connectivity index (χ2v) is 6.24. The number of carbonyl (C=O) groups is 1. The Morgan fingerprint density at radius 3 is 2.68 bits per heavy atom. The maximum absolute atomic E-state index is 13.6. The molecule has 2 heterocycles. The molecule has 0 spiro atoms. The van der Waals surface area contributed by atoms with Crippen LogP contribution in [-0.4, -0.2) is 29.5 Å². The average molecular weight is 286 g/mol. The van der Waals surface area contributed by atoms with Gasteiger partial charge in [0.25, 0.3) is 0 Å². The Bertz CT molecular complexity index is 495. The Balaban J connectivity index is 1.94. The van der Waals surface area contributed by atoms with Crippen molar-refractivity contribution in [3.05, 3.63) is 23.1 Å². The number of nitrogens with zero attached hydrogens (tertiary/aromatic N) is 2. The van der Waals surface area contributed by atoms with E-state index >= 15 is 0 Å². The van der Waals surface area contributed by atoms with Gasteiger partial charge in [0.05, 0.1) is 10.9 Å². The minimum Gasteiger partial charge on any atom is -0.352 e. The molecular formula is C13H17ClFN3O. The van der Waals surface area contributed by atoms with Crippen molar-refractivity contribution in [3.63, 3.8) is 0 Å². The lowest BCUT2D eigenvalue weighted by Gasteiger charge is -2.40. The maximum Gasteiger partial charge on any atom is 0.227 e. The van der Waals surface area contributed by atoms with Crippen molar-refractivity contribution in [2.24, 2.45) is 5.92 Å². The van der Waals surface area contributed by atoms with Gasteiger partial charge in [-0.25, -0.2) is 9.37 Å². The third-order valence-corrected chi connectivity index (χ3v) is 3.05. The van der Waals surface area contributed by atoms with Gasteiger partial charge in [-0.3, -0.25) is 4.79 Å². The molecule has 1 aromatic rings. The van der Waals surface area contributed by atoms with Crippen LogP contribution in [0.4, 0.5) is 10.2 Å². The number of hydrogen-bond acceptors (Lipinski definition) is 3. The van der Waals surface area contributed by atoms with Gasteiger partial charge in [0.1, 0.15) is 0 Å². The highest BCUT2D eigenvalue weighted by Gasteiger charge is 2.35. The first-order valence-electron chi connectivity index (χ1n) is 6.14. The van der Waals surface area contributed by atoms with E-state index in [1.807, 2.05) is 20.8 Å². The molecule has 0 saturated carbocycles. The first-order valence-corrected chi connectivity index (χ1v) is 6.52. The van der Waals surface area contributed by atoms with E-state index in [0.717, 1.165) is 0 Å². The lowest BCUT2D eigenvalue weighted by atomic mass is 9.97. The number of aromatic nitrogens is 1. The van der Waals surface area contributed by atoms with E-state index < -0.39 is 5.82 Å². The summed E-state index contributed by atoms with van der Waals surface area (Å²) in [7, 11) is 0. The minimum atomic E-state index is -0.456. The predicted octanol–water partition coefficient (Wildman–Crippen LogP) is 2.22. The Hall–Kier alpha value is -1.36. The molecule has 2 rings (SSSR count).